The summed E-state index contributed by atoms with van der Waals surface area (Å²) >= 11 is 1.90. The van der Waals surface area contributed by atoms with Gasteiger partial charge in [-0.1, -0.05) is 0 Å². The number of aromatic amines is 1. The first kappa shape index (κ1) is 15.3. The summed E-state index contributed by atoms with van der Waals surface area (Å²) in [6.45, 7) is 2.73. The number of nitrogens with one attached hydrogen (secondary N) is 1. The number of hydrogen-bond donors (Lipinski definition) is 1. The van der Waals surface area contributed by atoms with E-state index >= 15 is 0 Å². The number of piperazine rings is 1. The average molecular weight is 424 g/mol. The van der Waals surface area contributed by atoms with Crippen molar-refractivity contribution in [3.8, 4) is 0 Å². The molecule has 0 saturated carbocycles. The first-order valence-electron chi connectivity index (χ1n) is 6.53. The third-order valence-corrected chi connectivity index (χ3v) is 4.22. The maximum Gasteiger partial charge on any atom is 0.417 e. The van der Waals surface area contributed by atoms with Crippen LogP contribution < -0.4 is 9.80 Å². The van der Waals surface area contributed by atoms with Gasteiger partial charge in [0, 0.05) is 32.4 Å². The summed E-state index contributed by atoms with van der Waals surface area (Å²) in [5, 5.41) is 6.61. The van der Waals surface area contributed by atoms with Gasteiger partial charge in [-0.25, -0.2) is 10.1 Å². The van der Waals surface area contributed by atoms with Gasteiger partial charge < -0.3 is 9.80 Å². The van der Waals surface area contributed by atoms with E-state index < -0.39 is 11.7 Å². The molecule has 0 amide bonds. The van der Waals surface area contributed by atoms with Crippen LogP contribution in [0.5, 0.6) is 0 Å². The highest BCUT2D eigenvalue weighted by molar-refractivity contribution is 14.1. The number of hydrogen-bond acceptors (Lipinski definition) is 5. The lowest BCUT2D eigenvalue weighted by molar-refractivity contribution is -0.137. The Hall–Kier alpha value is -1.59. The molecule has 0 spiro atoms. The van der Waals surface area contributed by atoms with E-state index in [-0.39, 0.29) is 0 Å². The van der Waals surface area contributed by atoms with E-state index in [9.17, 15) is 13.2 Å². The summed E-state index contributed by atoms with van der Waals surface area (Å²) < 4.78 is 38.5. The Morgan fingerprint density at radius 1 is 1.09 bits per heavy atom. The lowest BCUT2D eigenvalue weighted by atomic mass is 10.2. The lowest BCUT2D eigenvalue weighted by Gasteiger charge is -2.35. The summed E-state index contributed by atoms with van der Waals surface area (Å²) in [7, 11) is 0. The zero-order chi connectivity index (χ0) is 15.7. The van der Waals surface area contributed by atoms with Gasteiger partial charge in [0.15, 0.2) is 0 Å². The topological polar surface area (TPSA) is 60.9 Å². The van der Waals surface area contributed by atoms with E-state index in [1.165, 1.54) is 6.33 Å². The molecule has 6 nitrogen and oxygen atoms in total. The molecular weight excluding hydrogens is 412 g/mol. The monoisotopic (exact) mass is 424 g/mol. The van der Waals surface area contributed by atoms with E-state index in [0.717, 1.165) is 12.3 Å². The molecule has 2 aromatic heterocycles. The number of anilines is 2. The molecule has 0 aliphatic carbocycles. The maximum absolute atomic E-state index is 12.7. The fourth-order valence-corrected chi connectivity index (χ4v) is 3.12. The Balaban J connectivity index is 1.71. The molecule has 3 rings (SSSR count). The third-order valence-electron chi connectivity index (χ3n) is 3.43. The molecule has 22 heavy (non-hydrogen) atoms. The largest absolute Gasteiger partial charge is 0.417 e. The van der Waals surface area contributed by atoms with Gasteiger partial charge in [-0.2, -0.15) is 23.3 Å². The van der Waals surface area contributed by atoms with Gasteiger partial charge in [-0.15, -0.1) is 0 Å². The van der Waals surface area contributed by atoms with Crippen LogP contribution in [-0.2, 0) is 6.18 Å². The normalized spacial score (nSPS) is 16.2. The van der Waals surface area contributed by atoms with Crippen molar-refractivity contribution in [3.05, 3.63) is 27.7 Å². The summed E-state index contributed by atoms with van der Waals surface area (Å²) in [5.41, 5.74) is -0.721. The van der Waals surface area contributed by atoms with Gasteiger partial charge >= 0.3 is 6.18 Å². The number of alkyl halides is 3. The van der Waals surface area contributed by atoms with Gasteiger partial charge in [0.05, 0.1) is 9.13 Å². The first-order valence-corrected chi connectivity index (χ1v) is 7.61. The Morgan fingerprint density at radius 3 is 2.32 bits per heavy atom. The highest BCUT2D eigenvalue weighted by Crippen LogP contribution is 2.32. The number of aromatic nitrogens is 4. The van der Waals surface area contributed by atoms with Gasteiger partial charge in [0.1, 0.15) is 12.1 Å². The molecule has 0 unspecified atom stereocenters. The minimum atomic E-state index is -4.36. The van der Waals surface area contributed by atoms with Crippen molar-refractivity contribution in [1.82, 2.24) is 20.2 Å². The third kappa shape index (κ3) is 3.10. The van der Waals surface area contributed by atoms with E-state index in [0.29, 0.717) is 41.5 Å². The number of pyridine rings is 1. The molecular formula is C12H12F3IN6. The summed E-state index contributed by atoms with van der Waals surface area (Å²) in [5.74, 6) is 1.29. The standard InChI is InChI=1S/C12H12F3IN6/c13-12(14,15)8-5-9(16)10(17-6-8)21-1-3-22(4-2-21)11-18-7-19-20-11/h5-7H,1-4H2,(H,18,19,20). The molecule has 2 aromatic rings. The number of rotatable bonds is 2. The van der Waals surface area contributed by atoms with Crippen molar-refractivity contribution in [2.75, 3.05) is 36.0 Å². The second-order valence-electron chi connectivity index (χ2n) is 4.81. The SMILES string of the molecule is FC(F)(F)c1cnc(N2CCN(c3ncn[nH]3)CC2)c(I)c1. The Kier molecular flexibility index (Phi) is 4.10. The fraction of sp³-hybridized carbons (Fsp3) is 0.417. The smallest absolute Gasteiger partial charge is 0.352 e. The Morgan fingerprint density at radius 2 is 1.77 bits per heavy atom. The zero-order valence-corrected chi connectivity index (χ0v) is 13.5. The molecule has 0 atom stereocenters. The van der Waals surface area contributed by atoms with E-state index in [1.807, 2.05) is 32.4 Å². The molecule has 0 radical (unpaired) electrons. The van der Waals surface area contributed by atoms with E-state index in [2.05, 4.69) is 20.2 Å². The molecule has 0 aromatic carbocycles. The van der Waals surface area contributed by atoms with Gasteiger partial charge in [-0.3, -0.25) is 0 Å². The van der Waals surface area contributed by atoms with Crippen LogP contribution in [0.25, 0.3) is 0 Å². The van der Waals surface area contributed by atoms with E-state index in [1.54, 1.807) is 0 Å². The minimum absolute atomic E-state index is 0.501. The second-order valence-corrected chi connectivity index (χ2v) is 5.97. The van der Waals surface area contributed by atoms with Crippen LogP contribution >= 0.6 is 22.6 Å². The van der Waals surface area contributed by atoms with Crippen LogP contribution in [0, 0.1) is 3.57 Å². The number of halogens is 4. The predicted molar refractivity (Wildman–Crippen MR) is 82.8 cm³/mol. The average Bonchev–Trinajstić information content (AvgIpc) is 3.01. The van der Waals surface area contributed by atoms with Crippen molar-refractivity contribution in [2.45, 2.75) is 6.18 Å². The molecule has 118 valence electrons. The Labute approximate surface area is 137 Å². The maximum atomic E-state index is 12.7. The molecule has 1 N–H and O–H groups in total. The Bertz CT molecular complexity index is 637. The fourth-order valence-electron chi connectivity index (χ4n) is 2.30. The molecule has 1 aliphatic rings. The lowest BCUT2D eigenvalue weighted by Crippen LogP contribution is -2.47. The van der Waals surface area contributed by atoms with Crippen molar-refractivity contribution in [1.29, 1.82) is 0 Å². The van der Waals surface area contributed by atoms with Crippen molar-refractivity contribution >= 4 is 34.4 Å². The molecule has 1 aliphatic heterocycles. The van der Waals surface area contributed by atoms with Gasteiger partial charge in [0.25, 0.3) is 0 Å². The van der Waals surface area contributed by atoms with Crippen molar-refractivity contribution in [3.63, 3.8) is 0 Å². The van der Waals surface area contributed by atoms with Crippen LogP contribution in [0.3, 0.4) is 0 Å². The summed E-state index contributed by atoms with van der Waals surface area (Å²) in [6.07, 6.45) is -2.03. The molecule has 3 heterocycles. The first-order chi connectivity index (χ1) is 10.4. The molecule has 1 saturated heterocycles. The number of nitrogens with zero attached hydrogens (tertiary/aromatic N) is 5. The minimum Gasteiger partial charge on any atom is -0.352 e. The van der Waals surface area contributed by atoms with Crippen LogP contribution in [0.4, 0.5) is 24.9 Å². The quantitative estimate of drug-likeness (QED) is 0.750. The molecule has 0 bridgehead atoms. The highest BCUT2D eigenvalue weighted by Gasteiger charge is 2.32. The zero-order valence-electron chi connectivity index (χ0n) is 11.3. The van der Waals surface area contributed by atoms with Gasteiger partial charge in [-0.05, 0) is 28.7 Å². The van der Waals surface area contributed by atoms with Crippen molar-refractivity contribution < 1.29 is 13.2 Å². The van der Waals surface area contributed by atoms with Crippen LogP contribution in [0.2, 0.25) is 0 Å². The highest BCUT2D eigenvalue weighted by atomic mass is 127. The van der Waals surface area contributed by atoms with Crippen LogP contribution in [-0.4, -0.2) is 46.3 Å². The molecule has 1 fully saturated rings. The van der Waals surface area contributed by atoms with Crippen molar-refractivity contribution in [2.24, 2.45) is 0 Å². The summed E-state index contributed by atoms with van der Waals surface area (Å²) in [6, 6.07) is 1.13. The van der Waals surface area contributed by atoms with Crippen LogP contribution in [0.15, 0.2) is 18.6 Å². The van der Waals surface area contributed by atoms with Gasteiger partial charge in [0.2, 0.25) is 5.95 Å². The predicted octanol–water partition coefficient (Wildman–Crippen LogP) is 2.15. The molecule has 10 heteroatoms. The number of H-pyrrole nitrogens is 1. The summed E-state index contributed by atoms with van der Waals surface area (Å²) in [4.78, 5) is 12.1. The second kappa shape index (κ2) is 5.89. The van der Waals surface area contributed by atoms with E-state index in [4.69, 9.17) is 0 Å². The van der Waals surface area contributed by atoms with Crippen LogP contribution in [0.1, 0.15) is 5.56 Å².